The monoisotopic (exact) mass is 258 g/mol. The number of carbonyl (C=O) groups excluding carboxylic acids is 1. The molecule has 3 nitrogen and oxygen atoms in total. The third-order valence-corrected chi connectivity index (χ3v) is 2.28. The van der Waals surface area contributed by atoms with Gasteiger partial charge in [0.1, 0.15) is 17.1 Å². The van der Waals surface area contributed by atoms with Crippen LogP contribution < -0.4 is 9.47 Å². The molecule has 0 heterocycles. The second kappa shape index (κ2) is 4.46. The molecule has 0 aliphatic carbocycles. The molecule has 0 spiro atoms. The SMILES string of the molecule is COc1cc(Br)cc(OC)c1C(C)=O. The van der Waals surface area contributed by atoms with E-state index >= 15 is 0 Å². The summed E-state index contributed by atoms with van der Waals surface area (Å²) in [6, 6.07) is 3.47. The van der Waals surface area contributed by atoms with E-state index in [0.717, 1.165) is 4.47 Å². The van der Waals surface area contributed by atoms with Crippen molar-refractivity contribution in [3.63, 3.8) is 0 Å². The standard InChI is InChI=1S/C10H11BrO3/c1-6(12)10-8(13-2)4-7(11)5-9(10)14-3/h4-5H,1-3H3. The van der Waals surface area contributed by atoms with Crippen LogP contribution in [0.1, 0.15) is 17.3 Å². The topological polar surface area (TPSA) is 35.5 Å². The fourth-order valence-electron chi connectivity index (χ4n) is 1.23. The Balaban J connectivity index is 3.40. The summed E-state index contributed by atoms with van der Waals surface area (Å²) in [6.45, 7) is 1.48. The highest BCUT2D eigenvalue weighted by molar-refractivity contribution is 9.10. The first-order valence-electron chi connectivity index (χ1n) is 4.02. The molecule has 0 aliphatic heterocycles. The zero-order valence-electron chi connectivity index (χ0n) is 8.26. The van der Waals surface area contributed by atoms with Gasteiger partial charge in [-0.2, -0.15) is 0 Å². The lowest BCUT2D eigenvalue weighted by atomic mass is 10.1. The first kappa shape index (κ1) is 11.0. The van der Waals surface area contributed by atoms with Crippen molar-refractivity contribution in [1.82, 2.24) is 0 Å². The summed E-state index contributed by atoms with van der Waals surface area (Å²) < 4.78 is 11.0. The number of hydrogen-bond donors (Lipinski definition) is 0. The number of ketones is 1. The van der Waals surface area contributed by atoms with Crippen molar-refractivity contribution in [3.05, 3.63) is 22.2 Å². The lowest BCUT2D eigenvalue weighted by molar-refractivity contribution is 0.101. The molecule has 0 aromatic heterocycles. The summed E-state index contributed by atoms with van der Waals surface area (Å²) in [4.78, 5) is 11.3. The quantitative estimate of drug-likeness (QED) is 0.783. The largest absolute Gasteiger partial charge is 0.496 e. The minimum Gasteiger partial charge on any atom is -0.496 e. The highest BCUT2D eigenvalue weighted by Crippen LogP contribution is 2.32. The van der Waals surface area contributed by atoms with Crippen LogP contribution in [0.5, 0.6) is 11.5 Å². The Morgan fingerprint density at radius 2 is 1.64 bits per heavy atom. The normalized spacial score (nSPS) is 9.71. The molecule has 1 aromatic carbocycles. The smallest absolute Gasteiger partial charge is 0.167 e. The maximum atomic E-state index is 11.3. The van der Waals surface area contributed by atoms with Crippen molar-refractivity contribution in [2.75, 3.05) is 14.2 Å². The molecule has 0 N–H and O–H groups in total. The second-order valence-corrected chi connectivity index (χ2v) is 3.66. The number of halogens is 1. The van der Waals surface area contributed by atoms with Gasteiger partial charge in [-0.05, 0) is 19.1 Å². The number of benzene rings is 1. The van der Waals surface area contributed by atoms with Gasteiger partial charge in [0.15, 0.2) is 5.78 Å². The van der Waals surface area contributed by atoms with Gasteiger partial charge >= 0.3 is 0 Å². The highest BCUT2D eigenvalue weighted by Gasteiger charge is 2.15. The van der Waals surface area contributed by atoms with Gasteiger partial charge in [0.05, 0.1) is 14.2 Å². The summed E-state index contributed by atoms with van der Waals surface area (Å²) >= 11 is 3.31. The molecule has 1 aromatic rings. The molecule has 0 aliphatic rings. The van der Waals surface area contributed by atoms with Gasteiger partial charge in [-0.25, -0.2) is 0 Å². The minimum absolute atomic E-state index is 0.0776. The Morgan fingerprint density at radius 1 is 1.21 bits per heavy atom. The van der Waals surface area contributed by atoms with Crippen LogP contribution >= 0.6 is 15.9 Å². The Hall–Kier alpha value is -1.03. The zero-order valence-corrected chi connectivity index (χ0v) is 9.84. The summed E-state index contributed by atoms with van der Waals surface area (Å²) in [5, 5.41) is 0. The summed E-state index contributed by atoms with van der Waals surface area (Å²) in [5.41, 5.74) is 0.471. The minimum atomic E-state index is -0.0776. The Bertz CT molecular complexity index is 335. The molecule has 0 radical (unpaired) electrons. The van der Waals surface area contributed by atoms with Crippen molar-refractivity contribution in [3.8, 4) is 11.5 Å². The molecule has 14 heavy (non-hydrogen) atoms. The van der Waals surface area contributed by atoms with E-state index in [1.54, 1.807) is 12.1 Å². The van der Waals surface area contributed by atoms with E-state index in [4.69, 9.17) is 9.47 Å². The Kier molecular flexibility index (Phi) is 3.52. The number of carbonyl (C=O) groups is 1. The van der Waals surface area contributed by atoms with Crippen molar-refractivity contribution >= 4 is 21.7 Å². The number of ether oxygens (including phenoxy) is 2. The zero-order chi connectivity index (χ0) is 10.7. The second-order valence-electron chi connectivity index (χ2n) is 2.74. The fourth-order valence-corrected chi connectivity index (χ4v) is 1.64. The molecule has 0 saturated heterocycles. The molecule has 0 fully saturated rings. The van der Waals surface area contributed by atoms with Crippen LogP contribution in [-0.4, -0.2) is 20.0 Å². The molecule has 0 bridgehead atoms. The van der Waals surface area contributed by atoms with E-state index in [1.807, 2.05) is 0 Å². The van der Waals surface area contributed by atoms with Gasteiger partial charge < -0.3 is 9.47 Å². The molecule has 0 amide bonds. The van der Waals surface area contributed by atoms with Crippen LogP contribution in [0.15, 0.2) is 16.6 Å². The van der Waals surface area contributed by atoms with Crippen molar-refractivity contribution < 1.29 is 14.3 Å². The van der Waals surface area contributed by atoms with Gasteiger partial charge in [0.25, 0.3) is 0 Å². The van der Waals surface area contributed by atoms with E-state index < -0.39 is 0 Å². The van der Waals surface area contributed by atoms with Gasteiger partial charge in [0.2, 0.25) is 0 Å². The molecule has 0 unspecified atom stereocenters. The maximum absolute atomic E-state index is 11.3. The summed E-state index contributed by atoms with van der Waals surface area (Å²) in [6.07, 6.45) is 0. The average molecular weight is 259 g/mol. The predicted molar refractivity (Wildman–Crippen MR) is 57.3 cm³/mol. The van der Waals surface area contributed by atoms with E-state index in [2.05, 4.69) is 15.9 Å². The maximum Gasteiger partial charge on any atom is 0.167 e. The van der Waals surface area contributed by atoms with Gasteiger partial charge in [-0.15, -0.1) is 0 Å². The summed E-state index contributed by atoms with van der Waals surface area (Å²) in [5.74, 6) is 0.957. The van der Waals surface area contributed by atoms with Crippen LogP contribution in [0.4, 0.5) is 0 Å². The number of Topliss-reactive ketones (excluding diaryl/α,β-unsaturated/α-hetero) is 1. The molecule has 0 atom stereocenters. The number of rotatable bonds is 3. The van der Waals surface area contributed by atoms with E-state index in [1.165, 1.54) is 21.1 Å². The predicted octanol–water partition coefficient (Wildman–Crippen LogP) is 2.67. The van der Waals surface area contributed by atoms with Crippen LogP contribution in [0.2, 0.25) is 0 Å². The Labute approximate surface area is 91.1 Å². The number of methoxy groups -OCH3 is 2. The lowest BCUT2D eigenvalue weighted by Crippen LogP contribution is -2.01. The third-order valence-electron chi connectivity index (χ3n) is 1.82. The summed E-state index contributed by atoms with van der Waals surface area (Å²) in [7, 11) is 3.04. The van der Waals surface area contributed by atoms with Gasteiger partial charge in [0, 0.05) is 4.47 Å². The van der Waals surface area contributed by atoms with E-state index in [0.29, 0.717) is 17.1 Å². The molecular weight excluding hydrogens is 248 g/mol. The lowest BCUT2D eigenvalue weighted by Gasteiger charge is -2.11. The van der Waals surface area contributed by atoms with Crippen LogP contribution in [0, 0.1) is 0 Å². The third kappa shape index (κ3) is 2.07. The highest BCUT2D eigenvalue weighted by atomic mass is 79.9. The van der Waals surface area contributed by atoms with Crippen LogP contribution in [-0.2, 0) is 0 Å². The molecule has 1 rings (SSSR count). The Morgan fingerprint density at radius 3 is 1.93 bits per heavy atom. The van der Waals surface area contributed by atoms with Crippen LogP contribution in [0.25, 0.3) is 0 Å². The molecule has 4 heteroatoms. The van der Waals surface area contributed by atoms with Crippen LogP contribution in [0.3, 0.4) is 0 Å². The number of hydrogen-bond acceptors (Lipinski definition) is 3. The average Bonchev–Trinajstić information content (AvgIpc) is 2.15. The van der Waals surface area contributed by atoms with Crippen molar-refractivity contribution in [1.29, 1.82) is 0 Å². The fraction of sp³-hybridized carbons (Fsp3) is 0.300. The molecular formula is C10H11BrO3. The van der Waals surface area contributed by atoms with Crippen molar-refractivity contribution in [2.45, 2.75) is 6.92 Å². The van der Waals surface area contributed by atoms with Crippen molar-refractivity contribution in [2.24, 2.45) is 0 Å². The van der Waals surface area contributed by atoms with E-state index in [-0.39, 0.29) is 5.78 Å². The van der Waals surface area contributed by atoms with Gasteiger partial charge in [-0.3, -0.25) is 4.79 Å². The first-order chi connectivity index (χ1) is 6.60. The molecule has 76 valence electrons. The van der Waals surface area contributed by atoms with E-state index in [9.17, 15) is 4.79 Å². The first-order valence-corrected chi connectivity index (χ1v) is 4.82. The van der Waals surface area contributed by atoms with Gasteiger partial charge in [-0.1, -0.05) is 15.9 Å². The molecule has 0 saturated carbocycles.